The van der Waals surface area contributed by atoms with E-state index in [0.717, 1.165) is 64.2 Å². The number of aromatic nitrogens is 3. The maximum Gasteiger partial charge on any atom is 0.103 e. The standard InChI is InChI=1S/C32H30N6/c1-22-28-14-18-36-31(28)10-9-30(22)38-32-27(19-33)21-37-23(2)29(32)8-7-24-3-5-26(6-4-24)20-35-17-13-25-11-15-34-16-12-25/h3-12,14-16,18,21,35-36H,13,17,20H2,1-2H3,(H,37,38). The summed E-state index contributed by atoms with van der Waals surface area (Å²) in [5.41, 5.74) is 9.83. The van der Waals surface area contributed by atoms with Crippen molar-refractivity contribution in [2.75, 3.05) is 11.9 Å². The van der Waals surface area contributed by atoms with Gasteiger partial charge in [-0.25, -0.2) is 0 Å². The molecule has 2 aromatic carbocycles. The molecule has 0 aliphatic carbocycles. The van der Waals surface area contributed by atoms with Gasteiger partial charge in [0.05, 0.1) is 11.3 Å². The van der Waals surface area contributed by atoms with Gasteiger partial charge in [-0.3, -0.25) is 9.97 Å². The van der Waals surface area contributed by atoms with E-state index in [9.17, 15) is 5.26 Å². The van der Waals surface area contributed by atoms with E-state index in [0.29, 0.717) is 5.56 Å². The third-order valence-corrected chi connectivity index (χ3v) is 6.79. The van der Waals surface area contributed by atoms with Crippen molar-refractivity contribution < 1.29 is 0 Å². The Hall–Kier alpha value is -4.73. The lowest BCUT2D eigenvalue weighted by Crippen LogP contribution is -2.16. The molecule has 0 bridgehead atoms. The zero-order chi connectivity index (χ0) is 26.3. The van der Waals surface area contributed by atoms with Crippen molar-refractivity contribution in [1.82, 2.24) is 20.3 Å². The second-order valence-corrected chi connectivity index (χ2v) is 9.32. The lowest BCUT2D eigenvalue weighted by molar-refractivity contribution is 0.686. The Morgan fingerprint density at radius 2 is 1.76 bits per heavy atom. The highest BCUT2D eigenvalue weighted by atomic mass is 14.9. The Labute approximate surface area is 223 Å². The minimum Gasteiger partial charge on any atom is -0.361 e. The van der Waals surface area contributed by atoms with E-state index in [2.05, 4.69) is 93.2 Å². The molecule has 3 N–H and O–H groups in total. The molecule has 0 aliphatic rings. The molecule has 0 saturated heterocycles. The summed E-state index contributed by atoms with van der Waals surface area (Å²) < 4.78 is 0. The van der Waals surface area contributed by atoms with Crippen molar-refractivity contribution in [3.63, 3.8) is 0 Å². The summed E-state index contributed by atoms with van der Waals surface area (Å²) >= 11 is 0. The Morgan fingerprint density at radius 1 is 0.947 bits per heavy atom. The number of aromatic amines is 1. The van der Waals surface area contributed by atoms with Gasteiger partial charge in [0, 0.05) is 59.2 Å². The lowest BCUT2D eigenvalue weighted by Gasteiger charge is -2.16. The molecular formula is C32H30N6. The number of benzene rings is 2. The molecule has 38 heavy (non-hydrogen) atoms. The van der Waals surface area contributed by atoms with Crippen molar-refractivity contribution in [1.29, 1.82) is 5.26 Å². The molecule has 0 fully saturated rings. The quantitative estimate of drug-likeness (QED) is 0.197. The predicted molar refractivity (Wildman–Crippen MR) is 155 cm³/mol. The van der Waals surface area contributed by atoms with E-state index in [1.54, 1.807) is 6.20 Å². The van der Waals surface area contributed by atoms with Crippen molar-refractivity contribution >= 4 is 34.4 Å². The average Bonchev–Trinajstić information content (AvgIpc) is 3.43. The molecule has 0 saturated carbocycles. The third kappa shape index (κ3) is 5.64. The summed E-state index contributed by atoms with van der Waals surface area (Å²) in [6.45, 7) is 5.79. The van der Waals surface area contributed by atoms with Crippen molar-refractivity contribution in [3.05, 3.63) is 118 Å². The van der Waals surface area contributed by atoms with Gasteiger partial charge in [-0.15, -0.1) is 0 Å². The molecule has 0 spiro atoms. The fraction of sp³-hybridized carbons (Fsp3) is 0.156. The monoisotopic (exact) mass is 498 g/mol. The lowest BCUT2D eigenvalue weighted by atomic mass is 10.0. The fourth-order valence-corrected chi connectivity index (χ4v) is 4.54. The first-order valence-corrected chi connectivity index (χ1v) is 12.7. The zero-order valence-corrected chi connectivity index (χ0v) is 21.6. The smallest absolute Gasteiger partial charge is 0.103 e. The van der Waals surface area contributed by atoms with Crippen LogP contribution in [0.5, 0.6) is 0 Å². The van der Waals surface area contributed by atoms with Gasteiger partial charge in [0.1, 0.15) is 6.07 Å². The number of anilines is 2. The normalized spacial score (nSPS) is 11.2. The summed E-state index contributed by atoms with van der Waals surface area (Å²) in [6, 6.07) is 21.1. The molecule has 3 heterocycles. The Morgan fingerprint density at radius 3 is 2.55 bits per heavy atom. The summed E-state index contributed by atoms with van der Waals surface area (Å²) in [4.78, 5) is 11.8. The van der Waals surface area contributed by atoms with E-state index >= 15 is 0 Å². The number of nitrogens with zero attached hydrogens (tertiary/aromatic N) is 3. The van der Waals surface area contributed by atoms with Crippen LogP contribution in [0.3, 0.4) is 0 Å². The molecule has 6 heteroatoms. The highest BCUT2D eigenvalue weighted by molar-refractivity contribution is 5.90. The van der Waals surface area contributed by atoms with E-state index in [4.69, 9.17) is 0 Å². The minimum absolute atomic E-state index is 0.511. The number of pyridine rings is 2. The second-order valence-electron chi connectivity index (χ2n) is 9.32. The van der Waals surface area contributed by atoms with Crippen molar-refractivity contribution in [2.45, 2.75) is 26.8 Å². The molecular weight excluding hydrogens is 468 g/mol. The van der Waals surface area contributed by atoms with Gasteiger partial charge in [0.15, 0.2) is 0 Å². The molecule has 0 atom stereocenters. The SMILES string of the molecule is Cc1ncc(C#N)c(Nc2ccc3[nH]ccc3c2C)c1C=Cc1ccc(CNCCc2ccncc2)cc1. The number of nitrogens with one attached hydrogen (secondary N) is 3. The van der Waals surface area contributed by atoms with E-state index in [1.165, 1.54) is 11.1 Å². The first kappa shape index (κ1) is 24.9. The molecule has 0 unspecified atom stereocenters. The van der Waals surface area contributed by atoms with Crippen LogP contribution in [-0.4, -0.2) is 21.5 Å². The fourth-order valence-electron chi connectivity index (χ4n) is 4.54. The average molecular weight is 499 g/mol. The zero-order valence-electron chi connectivity index (χ0n) is 21.6. The maximum atomic E-state index is 9.82. The number of fused-ring (bicyclic) bond motifs is 1. The van der Waals surface area contributed by atoms with E-state index < -0.39 is 0 Å². The Bertz CT molecular complexity index is 1610. The highest BCUT2D eigenvalue weighted by Crippen LogP contribution is 2.32. The topological polar surface area (TPSA) is 89.4 Å². The van der Waals surface area contributed by atoms with Crippen molar-refractivity contribution in [2.24, 2.45) is 0 Å². The van der Waals surface area contributed by atoms with Gasteiger partial charge in [0.25, 0.3) is 0 Å². The van der Waals surface area contributed by atoms with Crippen molar-refractivity contribution in [3.8, 4) is 6.07 Å². The maximum absolute atomic E-state index is 9.82. The van der Waals surface area contributed by atoms with Crippen LogP contribution in [0.2, 0.25) is 0 Å². The van der Waals surface area contributed by atoms with Gasteiger partial charge >= 0.3 is 0 Å². The number of nitriles is 1. The largest absolute Gasteiger partial charge is 0.361 e. The number of rotatable bonds is 9. The van der Waals surface area contributed by atoms with Crippen LogP contribution < -0.4 is 10.6 Å². The Kier molecular flexibility index (Phi) is 7.58. The molecule has 5 aromatic rings. The van der Waals surface area contributed by atoms with Crippen LogP contribution in [0.15, 0.2) is 79.4 Å². The minimum atomic E-state index is 0.511. The van der Waals surface area contributed by atoms with Crippen LogP contribution in [0.4, 0.5) is 11.4 Å². The van der Waals surface area contributed by atoms with Gasteiger partial charge in [0.2, 0.25) is 0 Å². The summed E-state index contributed by atoms with van der Waals surface area (Å²) in [6.07, 6.45) is 12.3. The first-order valence-electron chi connectivity index (χ1n) is 12.7. The molecule has 6 nitrogen and oxygen atoms in total. The molecule has 188 valence electrons. The van der Waals surface area contributed by atoms with Crippen LogP contribution in [-0.2, 0) is 13.0 Å². The first-order chi connectivity index (χ1) is 18.6. The molecule has 0 amide bonds. The van der Waals surface area contributed by atoms with Gasteiger partial charge in [-0.2, -0.15) is 5.26 Å². The summed E-state index contributed by atoms with van der Waals surface area (Å²) in [5.74, 6) is 0. The predicted octanol–water partition coefficient (Wildman–Crippen LogP) is 6.69. The Balaban J connectivity index is 1.30. The van der Waals surface area contributed by atoms with Gasteiger partial charge < -0.3 is 15.6 Å². The molecule has 0 radical (unpaired) electrons. The highest BCUT2D eigenvalue weighted by Gasteiger charge is 2.13. The third-order valence-electron chi connectivity index (χ3n) is 6.79. The number of hydrogen-bond acceptors (Lipinski definition) is 5. The number of hydrogen-bond donors (Lipinski definition) is 3. The van der Waals surface area contributed by atoms with Crippen LogP contribution in [0.1, 0.15) is 39.1 Å². The van der Waals surface area contributed by atoms with E-state index in [-0.39, 0.29) is 0 Å². The number of H-pyrrole nitrogens is 1. The summed E-state index contributed by atoms with van der Waals surface area (Å²) in [5, 5.41) is 18.0. The van der Waals surface area contributed by atoms with E-state index in [1.807, 2.05) is 37.7 Å². The molecule has 3 aromatic heterocycles. The second kappa shape index (κ2) is 11.5. The van der Waals surface area contributed by atoms with Gasteiger partial charge in [-0.1, -0.05) is 36.4 Å². The van der Waals surface area contributed by atoms with Crippen LogP contribution >= 0.6 is 0 Å². The number of aryl methyl sites for hydroxylation is 2. The van der Waals surface area contributed by atoms with Crippen LogP contribution in [0.25, 0.3) is 23.1 Å². The summed E-state index contributed by atoms with van der Waals surface area (Å²) in [7, 11) is 0. The molecule has 0 aliphatic heterocycles. The van der Waals surface area contributed by atoms with Gasteiger partial charge in [-0.05, 0) is 79.4 Å². The van der Waals surface area contributed by atoms with Crippen LogP contribution in [0, 0.1) is 25.2 Å². The molecule has 5 rings (SSSR count).